The van der Waals surface area contributed by atoms with Crippen LogP contribution in [0.1, 0.15) is 10.4 Å². The van der Waals surface area contributed by atoms with Gasteiger partial charge in [-0.05, 0) is 54.6 Å². The van der Waals surface area contributed by atoms with Crippen molar-refractivity contribution in [2.75, 3.05) is 36.5 Å². The van der Waals surface area contributed by atoms with Crippen LogP contribution in [0.4, 0.5) is 15.8 Å². The zero-order valence-corrected chi connectivity index (χ0v) is 20.4. The second kappa shape index (κ2) is 10.4. The summed E-state index contributed by atoms with van der Waals surface area (Å²) in [5.74, 6) is -1.35. The molecule has 1 aliphatic heterocycles. The van der Waals surface area contributed by atoms with Crippen LogP contribution in [-0.2, 0) is 19.6 Å². The van der Waals surface area contributed by atoms with Gasteiger partial charge >= 0.3 is 5.97 Å². The minimum Gasteiger partial charge on any atom is -0.486 e. The summed E-state index contributed by atoms with van der Waals surface area (Å²) in [7, 11) is -3.11. The van der Waals surface area contributed by atoms with Gasteiger partial charge in [0.05, 0.1) is 28.3 Å². The van der Waals surface area contributed by atoms with E-state index in [9.17, 15) is 22.4 Å². The zero-order valence-electron chi connectivity index (χ0n) is 18.9. The van der Waals surface area contributed by atoms with E-state index in [2.05, 4.69) is 10.1 Å². The van der Waals surface area contributed by atoms with Crippen LogP contribution >= 0.6 is 11.6 Å². The lowest BCUT2D eigenvalue weighted by molar-refractivity contribution is -0.114. The highest BCUT2D eigenvalue weighted by Gasteiger charge is 2.29. The van der Waals surface area contributed by atoms with Crippen molar-refractivity contribution >= 4 is 44.9 Å². The minimum atomic E-state index is -4.30. The molecule has 36 heavy (non-hydrogen) atoms. The van der Waals surface area contributed by atoms with Gasteiger partial charge in [0.2, 0.25) is 5.91 Å². The number of nitrogens with zero attached hydrogens (tertiary/aromatic N) is 1. The molecule has 0 radical (unpaired) electrons. The van der Waals surface area contributed by atoms with Crippen LogP contribution in [0.25, 0.3) is 0 Å². The quantitative estimate of drug-likeness (QED) is 0.458. The molecule has 12 heteroatoms. The van der Waals surface area contributed by atoms with E-state index >= 15 is 0 Å². The van der Waals surface area contributed by atoms with E-state index in [4.69, 9.17) is 21.1 Å². The largest absolute Gasteiger partial charge is 0.486 e. The molecule has 0 saturated heterocycles. The number of nitrogens with one attached hydrogen (secondary N) is 1. The van der Waals surface area contributed by atoms with Gasteiger partial charge in [0.1, 0.15) is 25.6 Å². The summed E-state index contributed by atoms with van der Waals surface area (Å²) in [4.78, 5) is 24.7. The van der Waals surface area contributed by atoms with E-state index in [1.54, 1.807) is 0 Å². The lowest BCUT2D eigenvalue weighted by Crippen LogP contribution is -2.38. The number of amides is 1. The van der Waals surface area contributed by atoms with E-state index in [1.165, 1.54) is 55.6 Å². The van der Waals surface area contributed by atoms with Crippen molar-refractivity contribution in [3.63, 3.8) is 0 Å². The van der Waals surface area contributed by atoms with Crippen LogP contribution in [0.15, 0.2) is 65.6 Å². The number of benzene rings is 3. The van der Waals surface area contributed by atoms with Gasteiger partial charge in [-0.15, -0.1) is 0 Å². The molecule has 0 aliphatic carbocycles. The number of esters is 1. The zero-order chi connectivity index (χ0) is 25.9. The highest BCUT2D eigenvalue weighted by molar-refractivity contribution is 7.92. The Morgan fingerprint density at radius 2 is 1.72 bits per heavy atom. The summed E-state index contributed by atoms with van der Waals surface area (Å²) >= 11 is 6.01. The first-order valence-electron chi connectivity index (χ1n) is 10.5. The van der Waals surface area contributed by atoms with Crippen molar-refractivity contribution in [2.24, 2.45) is 0 Å². The third-order valence-electron chi connectivity index (χ3n) is 5.16. The molecule has 1 heterocycles. The summed E-state index contributed by atoms with van der Waals surface area (Å²) in [6.45, 7) is -0.0583. The summed E-state index contributed by atoms with van der Waals surface area (Å²) in [5.41, 5.74) is 0.282. The van der Waals surface area contributed by atoms with Crippen LogP contribution in [0.5, 0.6) is 11.5 Å². The number of anilines is 2. The maximum atomic E-state index is 13.6. The standard InChI is InChI=1S/C24H20ClFN2O7S/c1-33-24(30)19-12-16(4-8-20(19)25)27-23(29)14-28(17-5-2-15(26)3-6-17)36(31,32)18-7-9-21-22(13-18)35-11-10-34-21/h2-9,12-13H,10-11,14H2,1H3,(H,27,29). The van der Waals surface area contributed by atoms with E-state index in [0.29, 0.717) is 12.4 Å². The highest BCUT2D eigenvalue weighted by atomic mass is 35.5. The first-order chi connectivity index (χ1) is 17.2. The predicted molar refractivity (Wildman–Crippen MR) is 130 cm³/mol. The van der Waals surface area contributed by atoms with Gasteiger partial charge in [-0.25, -0.2) is 17.6 Å². The summed E-state index contributed by atoms with van der Waals surface area (Å²) in [5, 5.41) is 2.66. The molecule has 1 aliphatic rings. The summed E-state index contributed by atoms with van der Waals surface area (Å²) in [6, 6.07) is 12.9. The lowest BCUT2D eigenvalue weighted by atomic mass is 10.2. The fourth-order valence-electron chi connectivity index (χ4n) is 3.43. The van der Waals surface area contributed by atoms with Gasteiger partial charge in [-0.2, -0.15) is 0 Å². The molecular formula is C24H20ClFN2O7S. The number of carbonyl (C=O) groups is 2. The predicted octanol–water partition coefficient (Wildman–Crippen LogP) is 3.87. The Balaban J connectivity index is 1.65. The Morgan fingerprint density at radius 3 is 2.42 bits per heavy atom. The molecule has 3 aromatic carbocycles. The number of halogens is 2. The number of sulfonamides is 1. The molecule has 0 aromatic heterocycles. The molecule has 3 aromatic rings. The fourth-order valence-corrected chi connectivity index (χ4v) is 5.07. The SMILES string of the molecule is COC(=O)c1cc(NC(=O)CN(c2ccc(F)cc2)S(=O)(=O)c2ccc3c(c2)OCCO3)ccc1Cl. The monoisotopic (exact) mass is 534 g/mol. The van der Waals surface area contributed by atoms with Crippen molar-refractivity contribution < 1.29 is 36.6 Å². The first kappa shape index (κ1) is 25.3. The van der Waals surface area contributed by atoms with E-state index < -0.39 is 34.3 Å². The van der Waals surface area contributed by atoms with Crippen molar-refractivity contribution in [1.29, 1.82) is 0 Å². The van der Waals surface area contributed by atoms with Crippen LogP contribution in [-0.4, -0.2) is 47.2 Å². The average Bonchev–Trinajstić information content (AvgIpc) is 2.88. The lowest BCUT2D eigenvalue weighted by Gasteiger charge is -2.25. The molecule has 0 fully saturated rings. The number of carbonyl (C=O) groups excluding carboxylic acids is 2. The molecule has 0 unspecified atom stereocenters. The Bertz CT molecular complexity index is 1410. The Hall–Kier alpha value is -3.83. The highest BCUT2D eigenvalue weighted by Crippen LogP contribution is 2.34. The van der Waals surface area contributed by atoms with Crippen LogP contribution in [0, 0.1) is 5.82 Å². The summed E-state index contributed by atoms with van der Waals surface area (Å²) in [6.07, 6.45) is 0. The van der Waals surface area contributed by atoms with Gasteiger partial charge in [0.25, 0.3) is 10.0 Å². The third-order valence-corrected chi connectivity index (χ3v) is 7.26. The van der Waals surface area contributed by atoms with Gasteiger partial charge in [0, 0.05) is 11.8 Å². The van der Waals surface area contributed by atoms with Gasteiger partial charge < -0.3 is 19.5 Å². The molecule has 0 spiro atoms. The molecule has 0 bridgehead atoms. The molecule has 0 atom stereocenters. The second-order valence-electron chi connectivity index (χ2n) is 7.53. The molecule has 9 nitrogen and oxygen atoms in total. The fraction of sp³-hybridized carbons (Fsp3) is 0.167. The van der Waals surface area contributed by atoms with Gasteiger partial charge in [0.15, 0.2) is 11.5 Å². The van der Waals surface area contributed by atoms with E-state index in [-0.39, 0.29) is 39.2 Å². The number of hydrogen-bond acceptors (Lipinski definition) is 7. The maximum absolute atomic E-state index is 13.6. The van der Waals surface area contributed by atoms with E-state index in [0.717, 1.165) is 16.4 Å². The number of hydrogen-bond donors (Lipinski definition) is 1. The van der Waals surface area contributed by atoms with Gasteiger partial charge in [-0.1, -0.05) is 11.6 Å². The number of fused-ring (bicyclic) bond motifs is 1. The van der Waals surface area contributed by atoms with Crippen molar-refractivity contribution in [1.82, 2.24) is 0 Å². The molecule has 1 N–H and O–H groups in total. The van der Waals surface area contributed by atoms with Crippen molar-refractivity contribution in [3.8, 4) is 11.5 Å². The molecule has 188 valence electrons. The van der Waals surface area contributed by atoms with Crippen molar-refractivity contribution in [3.05, 3.63) is 77.1 Å². The number of rotatable bonds is 7. The van der Waals surface area contributed by atoms with Crippen LogP contribution in [0.2, 0.25) is 5.02 Å². The van der Waals surface area contributed by atoms with Gasteiger partial charge in [-0.3, -0.25) is 9.10 Å². The summed E-state index contributed by atoms with van der Waals surface area (Å²) < 4.78 is 57.2. The number of ether oxygens (including phenoxy) is 3. The maximum Gasteiger partial charge on any atom is 0.339 e. The Labute approximate surface area is 211 Å². The average molecular weight is 535 g/mol. The smallest absolute Gasteiger partial charge is 0.339 e. The number of methoxy groups -OCH3 is 1. The minimum absolute atomic E-state index is 0.0243. The molecular weight excluding hydrogens is 515 g/mol. The van der Waals surface area contributed by atoms with E-state index in [1.807, 2.05) is 0 Å². The second-order valence-corrected chi connectivity index (χ2v) is 9.80. The van der Waals surface area contributed by atoms with Crippen molar-refractivity contribution in [2.45, 2.75) is 4.90 Å². The van der Waals surface area contributed by atoms with Crippen LogP contribution in [0.3, 0.4) is 0 Å². The normalized spacial score (nSPS) is 12.5. The Kier molecular flexibility index (Phi) is 7.32. The Morgan fingerprint density at radius 1 is 1.03 bits per heavy atom. The first-order valence-corrected chi connectivity index (χ1v) is 12.4. The molecule has 0 saturated carbocycles. The topological polar surface area (TPSA) is 111 Å². The molecule has 1 amide bonds. The van der Waals surface area contributed by atoms with Crippen LogP contribution < -0.4 is 19.1 Å². The molecule has 4 rings (SSSR count). The third kappa shape index (κ3) is 5.37.